The number of alkyl halides is 4. The van der Waals surface area contributed by atoms with Crippen LogP contribution in [0.15, 0.2) is 66.1 Å². The van der Waals surface area contributed by atoms with Crippen LogP contribution >= 0.6 is 23.2 Å². The average molecular weight is 722 g/mol. The molecule has 19 heteroatoms. The topological polar surface area (TPSA) is 163 Å². The van der Waals surface area contributed by atoms with E-state index in [1.54, 1.807) is 49.1 Å². The molecule has 1 unspecified atom stereocenters. The molecule has 49 heavy (non-hydrogen) atoms. The molecule has 1 aromatic carbocycles. The number of carbonyl (C=O) groups is 2. The van der Waals surface area contributed by atoms with Gasteiger partial charge in [0, 0.05) is 35.5 Å². The fourth-order valence-electron chi connectivity index (χ4n) is 5.12. The van der Waals surface area contributed by atoms with Crippen LogP contribution in [-0.2, 0) is 16.6 Å². The summed E-state index contributed by atoms with van der Waals surface area (Å²) in [5.41, 5.74) is 3.46. The third kappa shape index (κ3) is 7.78. The lowest BCUT2D eigenvalue weighted by Crippen LogP contribution is -2.31. The number of nitrogens with one attached hydrogen (secondary N) is 1. The number of rotatable bonds is 3. The summed E-state index contributed by atoms with van der Waals surface area (Å²) in [4.78, 5) is 44.6. The molecule has 5 aromatic rings. The molecule has 0 radical (unpaired) electrons. The summed E-state index contributed by atoms with van der Waals surface area (Å²) in [6.45, 7) is 1.54. The van der Waals surface area contributed by atoms with E-state index in [0.717, 1.165) is 5.56 Å². The van der Waals surface area contributed by atoms with Crippen LogP contribution in [0.25, 0.3) is 28.2 Å². The van der Waals surface area contributed by atoms with Gasteiger partial charge in [-0.05, 0) is 43.2 Å². The maximum absolute atomic E-state index is 15.3. The molecule has 2 N–H and O–H groups in total. The Morgan fingerprint density at radius 2 is 1.82 bits per heavy atom. The van der Waals surface area contributed by atoms with Crippen LogP contribution in [0, 0.1) is 5.92 Å². The van der Waals surface area contributed by atoms with E-state index < -0.39 is 36.2 Å². The fraction of sp³-hybridized carbons (Fsp3) is 0.267. The van der Waals surface area contributed by atoms with Gasteiger partial charge in [0.05, 0.1) is 59.1 Å². The van der Waals surface area contributed by atoms with Crippen LogP contribution in [0.4, 0.5) is 23.2 Å². The van der Waals surface area contributed by atoms with Crippen molar-refractivity contribution in [2.24, 2.45) is 13.0 Å². The van der Waals surface area contributed by atoms with Gasteiger partial charge in [-0.1, -0.05) is 35.3 Å². The van der Waals surface area contributed by atoms with Crippen molar-refractivity contribution in [2.75, 3.05) is 5.32 Å². The van der Waals surface area contributed by atoms with E-state index in [1.165, 1.54) is 34.0 Å². The van der Waals surface area contributed by atoms with Crippen LogP contribution in [0.1, 0.15) is 31.5 Å². The molecule has 1 aliphatic rings. The normalized spacial score (nSPS) is 17.9. The summed E-state index contributed by atoms with van der Waals surface area (Å²) in [7, 11) is 1.75. The Kier molecular flexibility index (Phi) is 10.1. The summed E-state index contributed by atoms with van der Waals surface area (Å²) in [5.74, 6) is -4.13. The van der Waals surface area contributed by atoms with E-state index in [2.05, 4.69) is 30.7 Å². The summed E-state index contributed by atoms with van der Waals surface area (Å²) >= 11 is 12.3. The molecule has 13 nitrogen and oxygen atoms in total. The van der Waals surface area contributed by atoms with Gasteiger partial charge in [-0.2, -0.15) is 18.3 Å². The number of carboxylic acid groups (broad SMARTS) is 1. The number of aryl methyl sites for hydroxylation is 1. The van der Waals surface area contributed by atoms with Crippen LogP contribution < -0.4 is 10.9 Å². The molecule has 0 spiro atoms. The number of anilines is 1. The van der Waals surface area contributed by atoms with Gasteiger partial charge < -0.3 is 10.4 Å². The lowest BCUT2D eigenvalue weighted by Gasteiger charge is -2.24. The van der Waals surface area contributed by atoms with Crippen molar-refractivity contribution in [1.29, 1.82) is 0 Å². The van der Waals surface area contributed by atoms with Gasteiger partial charge in [0.15, 0.2) is 5.15 Å². The highest BCUT2D eigenvalue weighted by Gasteiger charge is 2.38. The van der Waals surface area contributed by atoms with Crippen molar-refractivity contribution >= 4 is 40.8 Å². The van der Waals surface area contributed by atoms with Crippen LogP contribution in [0.5, 0.6) is 0 Å². The molecular weight excluding hydrogens is 697 g/mol. The average Bonchev–Trinajstić information content (AvgIpc) is 3.65. The maximum Gasteiger partial charge on any atom is 0.490 e. The zero-order valence-corrected chi connectivity index (χ0v) is 26.9. The molecule has 0 fully saturated rings. The predicted molar refractivity (Wildman–Crippen MR) is 169 cm³/mol. The van der Waals surface area contributed by atoms with E-state index in [0.29, 0.717) is 39.0 Å². The highest BCUT2D eigenvalue weighted by atomic mass is 35.5. The van der Waals surface area contributed by atoms with Gasteiger partial charge in [0.1, 0.15) is 6.17 Å². The molecule has 1 aliphatic heterocycles. The second kappa shape index (κ2) is 14.1. The van der Waals surface area contributed by atoms with E-state index in [-0.39, 0.29) is 23.6 Å². The Hall–Kier alpha value is -5.16. The maximum atomic E-state index is 15.3. The van der Waals surface area contributed by atoms with Crippen molar-refractivity contribution in [1.82, 2.24) is 39.3 Å². The number of aromatic nitrogens is 8. The quantitative estimate of drug-likeness (QED) is 0.228. The number of amides is 1. The lowest BCUT2D eigenvalue weighted by molar-refractivity contribution is -0.192. The molecule has 0 saturated heterocycles. The van der Waals surface area contributed by atoms with Gasteiger partial charge in [-0.15, -0.1) is 5.10 Å². The first-order chi connectivity index (χ1) is 23.1. The zero-order valence-electron chi connectivity index (χ0n) is 25.4. The van der Waals surface area contributed by atoms with E-state index in [1.807, 2.05) is 6.07 Å². The summed E-state index contributed by atoms with van der Waals surface area (Å²) in [6, 6.07) is 9.42. The molecule has 6 rings (SSSR count). The van der Waals surface area contributed by atoms with Crippen molar-refractivity contribution in [2.45, 2.75) is 38.2 Å². The Bertz CT molecular complexity index is 2080. The minimum Gasteiger partial charge on any atom is -0.475 e. The van der Waals surface area contributed by atoms with E-state index in [4.69, 9.17) is 33.1 Å². The van der Waals surface area contributed by atoms with Crippen LogP contribution in [0.3, 0.4) is 0 Å². The number of hydrogen-bond acceptors (Lipinski definition) is 8. The monoisotopic (exact) mass is 721 g/mol. The number of fused-ring (bicyclic) bond motifs is 4. The van der Waals surface area contributed by atoms with Gasteiger partial charge in [0.2, 0.25) is 5.91 Å². The van der Waals surface area contributed by atoms with Gasteiger partial charge in [-0.25, -0.2) is 18.9 Å². The zero-order chi connectivity index (χ0) is 35.6. The first kappa shape index (κ1) is 35.2. The first-order valence-corrected chi connectivity index (χ1v) is 15.1. The molecule has 4 aromatic heterocycles. The highest BCUT2D eigenvalue weighted by molar-refractivity contribution is 6.31. The summed E-state index contributed by atoms with van der Waals surface area (Å²) < 4.78 is 51.6. The number of halogens is 6. The molecule has 0 aliphatic carbocycles. The molecule has 2 bridgehead atoms. The Morgan fingerprint density at radius 3 is 2.47 bits per heavy atom. The third-order valence-corrected chi connectivity index (χ3v) is 8.03. The standard InChI is InChI=1S/C28H24Cl2FN9O2.C2HF3O2/c1-15-19(31)4-6-24(21-9-16(7-8-32-21)27-22(35-28(15)42)12-34-38(27)2)39-14-33-20(11-26(39)41)18-10-17(29)3-5-23(18)40-13-25(30)36-37-40;3-2(4,5)1(6)7/h3,5,7-15,19,24H,4,6H2,1-2H3,(H,35,42);(H,6,7)/t15-,19?,24+;/m1./s1. The third-order valence-electron chi connectivity index (χ3n) is 7.63. The highest BCUT2D eigenvalue weighted by Crippen LogP contribution is 2.34. The predicted octanol–water partition coefficient (Wildman–Crippen LogP) is 5.52. The second-order valence-corrected chi connectivity index (χ2v) is 11.7. The largest absolute Gasteiger partial charge is 0.490 e. The van der Waals surface area contributed by atoms with Gasteiger partial charge in [-0.3, -0.25) is 23.8 Å². The molecule has 3 atom stereocenters. The molecule has 1 amide bonds. The molecule has 5 heterocycles. The molecule has 0 saturated carbocycles. The van der Waals surface area contributed by atoms with Crippen LogP contribution in [-0.4, -0.2) is 68.6 Å². The Labute approximate surface area is 284 Å². The number of pyridine rings is 1. The van der Waals surface area contributed by atoms with Crippen molar-refractivity contribution < 1.29 is 32.3 Å². The van der Waals surface area contributed by atoms with Crippen LogP contribution in [0.2, 0.25) is 10.2 Å². The molecule has 256 valence electrons. The second-order valence-electron chi connectivity index (χ2n) is 10.9. The Balaban J connectivity index is 0.000000606. The van der Waals surface area contributed by atoms with E-state index >= 15 is 4.39 Å². The van der Waals surface area contributed by atoms with Gasteiger partial charge >= 0.3 is 12.1 Å². The first-order valence-electron chi connectivity index (χ1n) is 14.3. The minimum atomic E-state index is -5.08. The van der Waals surface area contributed by atoms with Crippen molar-refractivity contribution in [3.05, 3.63) is 87.5 Å². The fourth-order valence-corrected chi connectivity index (χ4v) is 5.42. The van der Waals surface area contributed by atoms with Crippen molar-refractivity contribution in [3.8, 4) is 28.2 Å². The number of carbonyl (C=O) groups excluding carboxylic acids is 1. The number of aliphatic carboxylic acids is 1. The summed E-state index contributed by atoms with van der Waals surface area (Å²) in [6.07, 6.45) is -0.227. The minimum absolute atomic E-state index is 0.0186. The Morgan fingerprint density at radius 1 is 1.08 bits per heavy atom. The number of benzene rings is 1. The SMILES string of the molecule is C[C@H]1C(=O)Nc2cnn(C)c2-c2ccnc(c2)[C@@H](n2cnc(-c3cc(Cl)ccc3-n3cc(Cl)nn3)cc2=O)CCC1F.O=C(O)C(F)(F)F. The molecular formula is C30H25Cl2F4N9O4. The number of nitrogens with zero attached hydrogens (tertiary/aromatic N) is 8. The smallest absolute Gasteiger partial charge is 0.475 e. The van der Waals surface area contributed by atoms with E-state index in [9.17, 15) is 22.8 Å². The summed E-state index contributed by atoms with van der Waals surface area (Å²) in [5, 5.41) is 22.7. The lowest BCUT2D eigenvalue weighted by atomic mass is 9.95. The number of hydrogen-bond donors (Lipinski definition) is 2. The van der Waals surface area contributed by atoms with Gasteiger partial charge in [0.25, 0.3) is 5.56 Å². The number of carboxylic acids is 1. The van der Waals surface area contributed by atoms with Crippen molar-refractivity contribution in [3.63, 3.8) is 0 Å².